The zero-order valence-electron chi connectivity index (χ0n) is 16.9. The van der Waals surface area contributed by atoms with Gasteiger partial charge in [-0.25, -0.2) is 4.79 Å². The summed E-state index contributed by atoms with van der Waals surface area (Å²) in [5.41, 5.74) is 1.93. The van der Waals surface area contributed by atoms with Gasteiger partial charge >= 0.3 is 6.03 Å². The van der Waals surface area contributed by atoms with Gasteiger partial charge in [0.15, 0.2) is 5.41 Å². The van der Waals surface area contributed by atoms with Crippen molar-refractivity contribution in [2.45, 2.75) is 19.0 Å². The van der Waals surface area contributed by atoms with E-state index >= 15 is 0 Å². The highest BCUT2D eigenvalue weighted by Crippen LogP contribution is 2.45. The van der Waals surface area contributed by atoms with Gasteiger partial charge in [-0.05, 0) is 23.6 Å². The molecule has 2 fully saturated rings. The van der Waals surface area contributed by atoms with E-state index in [1.165, 1.54) is 12.6 Å². The van der Waals surface area contributed by atoms with Crippen LogP contribution in [0.2, 0.25) is 0 Å². The molecule has 3 aliphatic heterocycles. The maximum absolute atomic E-state index is 13.5. The van der Waals surface area contributed by atoms with E-state index in [-0.39, 0.29) is 6.04 Å². The first-order chi connectivity index (χ1) is 14.5. The molecule has 0 saturated carbocycles. The lowest BCUT2D eigenvalue weighted by Crippen LogP contribution is -2.74. The van der Waals surface area contributed by atoms with Gasteiger partial charge in [-0.1, -0.05) is 48.5 Å². The molecule has 0 bridgehead atoms. The lowest BCUT2D eigenvalue weighted by atomic mass is 9.67. The second-order valence-corrected chi connectivity index (χ2v) is 8.33. The van der Waals surface area contributed by atoms with Gasteiger partial charge in [-0.3, -0.25) is 24.7 Å². The van der Waals surface area contributed by atoms with Gasteiger partial charge in [0, 0.05) is 38.9 Å². The summed E-state index contributed by atoms with van der Waals surface area (Å²) in [4.78, 5) is 44.3. The number of anilines is 1. The minimum atomic E-state index is -1.31. The molecule has 30 heavy (non-hydrogen) atoms. The van der Waals surface area contributed by atoms with Crippen molar-refractivity contribution in [1.82, 2.24) is 15.1 Å². The van der Waals surface area contributed by atoms with Crippen molar-refractivity contribution in [1.29, 1.82) is 0 Å². The fourth-order valence-electron chi connectivity index (χ4n) is 5.12. The van der Waals surface area contributed by atoms with E-state index in [4.69, 9.17) is 0 Å². The summed E-state index contributed by atoms with van der Waals surface area (Å²) in [6, 6.07) is 17.2. The van der Waals surface area contributed by atoms with Crippen molar-refractivity contribution < 1.29 is 14.4 Å². The first kappa shape index (κ1) is 18.8. The van der Waals surface area contributed by atoms with Gasteiger partial charge in [-0.2, -0.15) is 0 Å². The van der Waals surface area contributed by atoms with E-state index in [1.54, 1.807) is 0 Å². The molecule has 1 N–H and O–H groups in total. The van der Waals surface area contributed by atoms with E-state index in [1.807, 2.05) is 36.4 Å². The fourth-order valence-corrected chi connectivity index (χ4v) is 5.12. The van der Waals surface area contributed by atoms with Crippen molar-refractivity contribution in [3.63, 3.8) is 0 Å². The van der Waals surface area contributed by atoms with Crippen LogP contribution in [0.1, 0.15) is 11.1 Å². The van der Waals surface area contributed by atoms with Crippen LogP contribution in [-0.4, -0.2) is 60.4 Å². The van der Waals surface area contributed by atoms with Crippen LogP contribution in [0.25, 0.3) is 0 Å². The lowest BCUT2D eigenvalue weighted by molar-refractivity contribution is -0.153. The first-order valence-electron chi connectivity index (χ1n) is 10.2. The molecular weight excluding hydrogens is 380 g/mol. The van der Waals surface area contributed by atoms with E-state index < -0.39 is 23.3 Å². The topological polar surface area (TPSA) is 73.0 Å². The molecule has 1 spiro atoms. The number of carbonyl (C=O) groups excluding carboxylic acids is 3. The standard InChI is InChI=1S/C23H24N4O3/c1-25-21(29)23(20(28)24-22(25)30)13-17-9-5-6-10-18(17)27-12-11-26(15-19(23)27)14-16-7-3-2-4-8-16/h2-10,19H,11-15H2,1H3,(H,24,28,30). The molecule has 5 rings (SSSR count). The molecule has 0 aromatic heterocycles. The predicted molar refractivity (Wildman–Crippen MR) is 112 cm³/mol. The molecule has 2 atom stereocenters. The molecule has 4 amide bonds. The Balaban J connectivity index is 1.55. The third-order valence-electron chi connectivity index (χ3n) is 6.67. The zero-order valence-corrected chi connectivity index (χ0v) is 16.9. The second-order valence-electron chi connectivity index (χ2n) is 8.33. The average molecular weight is 404 g/mol. The largest absolute Gasteiger partial charge is 0.364 e. The average Bonchev–Trinajstić information content (AvgIpc) is 2.77. The quantitative estimate of drug-likeness (QED) is 0.771. The molecule has 7 heteroatoms. The number of nitrogens with zero attached hydrogens (tertiary/aromatic N) is 3. The number of carbonyl (C=O) groups is 3. The highest BCUT2D eigenvalue weighted by Gasteiger charge is 2.62. The Labute approximate surface area is 175 Å². The summed E-state index contributed by atoms with van der Waals surface area (Å²) in [5, 5.41) is 2.43. The molecule has 0 radical (unpaired) electrons. The maximum Gasteiger partial charge on any atom is 0.330 e. The normalized spacial score (nSPS) is 26.4. The minimum absolute atomic E-state index is 0.297. The summed E-state index contributed by atoms with van der Waals surface area (Å²) in [6.45, 7) is 2.88. The molecule has 7 nitrogen and oxygen atoms in total. The summed E-state index contributed by atoms with van der Waals surface area (Å²) >= 11 is 0. The van der Waals surface area contributed by atoms with E-state index in [0.717, 1.165) is 29.2 Å². The SMILES string of the molecule is CN1C(=O)NC(=O)C2(Cc3ccccc3N3CCN(Cc4ccccc4)CC32)C1=O. The molecule has 3 aliphatic rings. The van der Waals surface area contributed by atoms with Gasteiger partial charge in [0.25, 0.3) is 0 Å². The number of para-hydroxylation sites is 1. The number of imide groups is 2. The van der Waals surface area contributed by atoms with Crippen LogP contribution < -0.4 is 10.2 Å². The van der Waals surface area contributed by atoms with Crippen LogP contribution in [0.15, 0.2) is 54.6 Å². The first-order valence-corrected chi connectivity index (χ1v) is 10.2. The molecule has 154 valence electrons. The number of hydrogen-bond acceptors (Lipinski definition) is 5. The summed E-state index contributed by atoms with van der Waals surface area (Å²) in [5.74, 6) is -0.899. The third kappa shape index (κ3) is 2.73. The van der Waals surface area contributed by atoms with Gasteiger partial charge < -0.3 is 4.90 Å². The Morgan fingerprint density at radius 3 is 2.53 bits per heavy atom. The Bertz CT molecular complexity index is 1020. The van der Waals surface area contributed by atoms with Gasteiger partial charge in [-0.15, -0.1) is 0 Å². The summed E-state index contributed by atoms with van der Waals surface area (Å²) in [7, 11) is 1.45. The fraction of sp³-hybridized carbons (Fsp3) is 0.348. The van der Waals surface area contributed by atoms with E-state index in [9.17, 15) is 14.4 Å². The van der Waals surface area contributed by atoms with Gasteiger partial charge in [0.2, 0.25) is 11.8 Å². The highest BCUT2D eigenvalue weighted by molar-refractivity contribution is 6.20. The van der Waals surface area contributed by atoms with Crippen LogP contribution >= 0.6 is 0 Å². The van der Waals surface area contributed by atoms with Crippen molar-refractivity contribution >= 4 is 23.5 Å². The second kappa shape index (κ2) is 6.95. The minimum Gasteiger partial charge on any atom is -0.364 e. The number of piperazine rings is 1. The van der Waals surface area contributed by atoms with Crippen LogP contribution in [0.4, 0.5) is 10.5 Å². The number of urea groups is 1. The summed E-state index contributed by atoms with van der Waals surface area (Å²) in [6.07, 6.45) is 0.297. The Hall–Kier alpha value is -3.19. The van der Waals surface area contributed by atoms with E-state index in [0.29, 0.717) is 19.5 Å². The number of rotatable bonds is 2. The van der Waals surface area contributed by atoms with E-state index in [2.05, 4.69) is 33.3 Å². The number of barbiturate groups is 1. The van der Waals surface area contributed by atoms with Crippen LogP contribution in [-0.2, 0) is 22.6 Å². The molecule has 2 aromatic carbocycles. The highest BCUT2D eigenvalue weighted by atomic mass is 16.2. The summed E-state index contributed by atoms with van der Waals surface area (Å²) < 4.78 is 0. The molecule has 2 unspecified atom stereocenters. The Kier molecular flexibility index (Phi) is 4.36. The molecule has 0 aliphatic carbocycles. The van der Waals surface area contributed by atoms with Crippen molar-refractivity contribution in [3.05, 3.63) is 65.7 Å². The van der Waals surface area contributed by atoms with Crippen LogP contribution in [0, 0.1) is 5.41 Å². The third-order valence-corrected chi connectivity index (χ3v) is 6.67. The number of fused-ring (bicyclic) bond motifs is 4. The van der Waals surface area contributed by atoms with Crippen molar-refractivity contribution in [2.75, 3.05) is 31.6 Å². The number of hydrogen-bond donors (Lipinski definition) is 1. The predicted octanol–water partition coefficient (Wildman–Crippen LogP) is 1.63. The lowest BCUT2D eigenvalue weighted by Gasteiger charge is -2.55. The monoisotopic (exact) mass is 404 g/mol. The van der Waals surface area contributed by atoms with Crippen molar-refractivity contribution in [3.8, 4) is 0 Å². The molecule has 3 heterocycles. The van der Waals surface area contributed by atoms with Crippen LogP contribution in [0.5, 0.6) is 0 Å². The van der Waals surface area contributed by atoms with Gasteiger partial charge in [0.05, 0.1) is 6.04 Å². The molecule has 2 aromatic rings. The zero-order chi connectivity index (χ0) is 20.9. The number of amides is 4. The Morgan fingerprint density at radius 2 is 1.73 bits per heavy atom. The van der Waals surface area contributed by atoms with Crippen molar-refractivity contribution in [2.24, 2.45) is 5.41 Å². The smallest absolute Gasteiger partial charge is 0.330 e. The van der Waals surface area contributed by atoms with Crippen LogP contribution in [0.3, 0.4) is 0 Å². The molecule has 2 saturated heterocycles. The van der Waals surface area contributed by atoms with Gasteiger partial charge in [0.1, 0.15) is 0 Å². The number of nitrogens with one attached hydrogen (secondary N) is 1. The Morgan fingerprint density at radius 1 is 1.00 bits per heavy atom. The molecular formula is C23H24N4O3. The number of benzene rings is 2. The maximum atomic E-state index is 13.5.